The summed E-state index contributed by atoms with van der Waals surface area (Å²) in [5, 5.41) is 4.58. The van der Waals surface area contributed by atoms with Gasteiger partial charge in [-0.05, 0) is 43.7 Å². The zero-order valence-electron chi connectivity index (χ0n) is 19.3. The molecule has 7 nitrogen and oxygen atoms in total. The number of para-hydroxylation sites is 1. The first-order valence-corrected chi connectivity index (χ1v) is 11.4. The number of carbonyl (C=O) groups is 1. The summed E-state index contributed by atoms with van der Waals surface area (Å²) in [6, 6.07) is 15.8. The maximum absolute atomic E-state index is 13.7. The van der Waals surface area contributed by atoms with Crippen LogP contribution >= 0.6 is 0 Å². The van der Waals surface area contributed by atoms with Crippen molar-refractivity contribution in [1.82, 2.24) is 15.2 Å². The molecule has 0 bridgehead atoms. The van der Waals surface area contributed by atoms with Gasteiger partial charge in [0.05, 0.1) is 24.9 Å². The predicted octanol–water partition coefficient (Wildman–Crippen LogP) is 4.15. The van der Waals surface area contributed by atoms with Crippen LogP contribution in [-0.2, 0) is 6.54 Å². The Kier molecular flexibility index (Phi) is 5.58. The molecule has 7 heteroatoms. The van der Waals surface area contributed by atoms with Crippen LogP contribution in [-0.4, -0.2) is 47.8 Å². The number of carbonyl (C=O) groups excluding carboxylic acids is 1. The summed E-state index contributed by atoms with van der Waals surface area (Å²) in [7, 11) is 1.57. The molecule has 0 spiro atoms. The van der Waals surface area contributed by atoms with Gasteiger partial charge in [0.1, 0.15) is 0 Å². The van der Waals surface area contributed by atoms with Crippen LogP contribution in [0.25, 0.3) is 10.9 Å². The molecule has 5 rings (SSSR count). The monoisotopic (exact) mass is 447 g/mol. The van der Waals surface area contributed by atoms with E-state index in [1.807, 2.05) is 49.1 Å². The van der Waals surface area contributed by atoms with E-state index in [1.165, 1.54) is 0 Å². The number of methoxy groups -OCH3 is 1. The molecule has 1 fully saturated rings. The van der Waals surface area contributed by atoms with Crippen molar-refractivity contribution in [2.75, 3.05) is 20.2 Å². The van der Waals surface area contributed by atoms with Crippen LogP contribution in [0.4, 0.5) is 0 Å². The molecule has 2 aliphatic heterocycles. The van der Waals surface area contributed by atoms with Gasteiger partial charge >= 0.3 is 0 Å². The van der Waals surface area contributed by atoms with Gasteiger partial charge in [-0.3, -0.25) is 9.78 Å². The van der Waals surface area contributed by atoms with Crippen molar-refractivity contribution < 1.29 is 19.0 Å². The number of aromatic nitrogens is 1. The summed E-state index contributed by atoms with van der Waals surface area (Å²) in [6.45, 7) is 5.67. The molecule has 3 aromatic rings. The fourth-order valence-electron chi connectivity index (χ4n) is 4.53. The summed E-state index contributed by atoms with van der Waals surface area (Å²) < 4.78 is 17.3. The molecule has 0 radical (unpaired) electrons. The third-order valence-electron chi connectivity index (χ3n) is 6.09. The van der Waals surface area contributed by atoms with Gasteiger partial charge in [-0.1, -0.05) is 24.3 Å². The number of hydrogen-bond donors (Lipinski definition) is 1. The predicted molar refractivity (Wildman–Crippen MR) is 126 cm³/mol. The van der Waals surface area contributed by atoms with Gasteiger partial charge in [0, 0.05) is 37.4 Å². The quantitative estimate of drug-likeness (QED) is 0.612. The topological polar surface area (TPSA) is 72.9 Å². The molecule has 1 N–H and O–H groups in total. The summed E-state index contributed by atoms with van der Waals surface area (Å²) in [4.78, 5) is 20.4. The van der Waals surface area contributed by atoms with Gasteiger partial charge in [0.2, 0.25) is 11.5 Å². The smallest absolute Gasteiger partial charge is 0.254 e. The standard InChI is InChI=1S/C26H29N3O4/c1-26(2)32-23-14-18(13-22(31-3)24(23)33-26)25(30)29(15-19-8-6-12-27-19)16-20-11-10-17-7-4-5-9-21(17)28-20/h4-5,7,9-11,13-14,19,27H,6,8,12,15-16H2,1-3H3. The van der Waals surface area contributed by atoms with Gasteiger partial charge in [-0.15, -0.1) is 0 Å². The lowest BCUT2D eigenvalue weighted by Crippen LogP contribution is -2.40. The molecule has 1 unspecified atom stereocenters. The van der Waals surface area contributed by atoms with Crippen molar-refractivity contribution in [3.8, 4) is 17.2 Å². The van der Waals surface area contributed by atoms with E-state index in [0.717, 1.165) is 36.0 Å². The average Bonchev–Trinajstić information content (AvgIpc) is 3.43. The second-order valence-electron chi connectivity index (χ2n) is 9.08. The van der Waals surface area contributed by atoms with Crippen LogP contribution in [0.15, 0.2) is 48.5 Å². The molecule has 2 aromatic carbocycles. The van der Waals surface area contributed by atoms with Crippen LogP contribution in [0.2, 0.25) is 0 Å². The number of benzene rings is 2. The summed E-state index contributed by atoms with van der Waals surface area (Å²) in [5.74, 6) is 0.640. The number of ether oxygens (including phenoxy) is 3. The zero-order chi connectivity index (χ0) is 23.0. The number of fused-ring (bicyclic) bond motifs is 2. The van der Waals surface area contributed by atoms with E-state index in [2.05, 4.69) is 11.4 Å². The minimum absolute atomic E-state index is 0.0898. The van der Waals surface area contributed by atoms with Gasteiger partial charge < -0.3 is 24.4 Å². The fourth-order valence-corrected chi connectivity index (χ4v) is 4.53. The first-order valence-electron chi connectivity index (χ1n) is 11.4. The van der Waals surface area contributed by atoms with Crippen molar-refractivity contribution >= 4 is 16.8 Å². The lowest BCUT2D eigenvalue weighted by atomic mass is 10.1. The summed E-state index contributed by atoms with van der Waals surface area (Å²) in [6.07, 6.45) is 2.17. The van der Waals surface area contributed by atoms with Crippen molar-refractivity contribution in [3.05, 3.63) is 59.8 Å². The molecule has 3 heterocycles. The lowest BCUT2D eigenvalue weighted by molar-refractivity contribution is -0.0439. The van der Waals surface area contributed by atoms with Crippen molar-refractivity contribution in [1.29, 1.82) is 0 Å². The van der Waals surface area contributed by atoms with Crippen molar-refractivity contribution in [2.45, 2.75) is 45.1 Å². The van der Waals surface area contributed by atoms with E-state index in [9.17, 15) is 4.79 Å². The molecular formula is C26H29N3O4. The van der Waals surface area contributed by atoms with Crippen LogP contribution in [0.5, 0.6) is 17.2 Å². The van der Waals surface area contributed by atoms with E-state index in [4.69, 9.17) is 19.2 Å². The summed E-state index contributed by atoms with van der Waals surface area (Å²) >= 11 is 0. The molecule has 1 saturated heterocycles. The van der Waals surface area contributed by atoms with Crippen molar-refractivity contribution in [3.63, 3.8) is 0 Å². The Morgan fingerprint density at radius 2 is 2.06 bits per heavy atom. The second-order valence-corrected chi connectivity index (χ2v) is 9.08. The van der Waals surface area contributed by atoms with E-state index in [-0.39, 0.29) is 11.9 Å². The first-order chi connectivity index (χ1) is 15.9. The highest BCUT2D eigenvalue weighted by molar-refractivity contribution is 5.96. The minimum Gasteiger partial charge on any atom is -0.493 e. The van der Waals surface area contributed by atoms with E-state index in [1.54, 1.807) is 19.2 Å². The number of amides is 1. The normalized spacial score (nSPS) is 18.5. The van der Waals surface area contributed by atoms with Crippen molar-refractivity contribution in [2.24, 2.45) is 0 Å². The number of nitrogens with zero attached hydrogens (tertiary/aromatic N) is 2. The Balaban J connectivity index is 1.46. The molecular weight excluding hydrogens is 418 g/mol. The highest BCUT2D eigenvalue weighted by atomic mass is 16.7. The minimum atomic E-state index is -0.806. The molecule has 1 amide bonds. The molecule has 2 aliphatic rings. The van der Waals surface area contributed by atoms with Crippen LogP contribution in [0.3, 0.4) is 0 Å². The highest BCUT2D eigenvalue weighted by Crippen LogP contribution is 2.46. The average molecular weight is 448 g/mol. The Hall–Kier alpha value is -3.32. The molecule has 172 valence electrons. The second kappa shape index (κ2) is 8.56. The fraction of sp³-hybridized carbons (Fsp3) is 0.385. The number of hydrogen-bond acceptors (Lipinski definition) is 6. The Bertz CT molecular complexity index is 1190. The third kappa shape index (κ3) is 4.46. The van der Waals surface area contributed by atoms with Gasteiger partial charge in [-0.25, -0.2) is 0 Å². The Morgan fingerprint density at radius 3 is 2.85 bits per heavy atom. The number of pyridine rings is 1. The van der Waals surface area contributed by atoms with Gasteiger partial charge in [-0.2, -0.15) is 0 Å². The Morgan fingerprint density at radius 1 is 1.21 bits per heavy atom. The maximum atomic E-state index is 13.7. The molecule has 0 aliphatic carbocycles. The first kappa shape index (κ1) is 21.5. The highest BCUT2D eigenvalue weighted by Gasteiger charge is 2.36. The number of rotatable bonds is 6. The van der Waals surface area contributed by atoms with Crippen LogP contribution in [0.1, 0.15) is 42.7 Å². The van der Waals surface area contributed by atoms with Crippen LogP contribution in [0, 0.1) is 0 Å². The van der Waals surface area contributed by atoms with Gasteiger partial charge in [0.25, 0.3) is 5.91 Å². The summed E-state index contributed by atoms with van der Waals surface area (Å²) in [5.41, 5.74) is 2.29. The lowest BCUT2D eigenvalue weighted by Gasteiger charge is -2.26. The number of nitrogens with one attached hydrogen (secondary N) is 1. The van der Waals surface area contributed by atoms with E-state index in [0.29, 0.717) is 35.9 Å². The SMILES string of the molecule is COc1cc(C(=O)N(Cc2ccc3ccccc3n2)CC2CCCN2)cc2c1OC(C)(C)O2. The zero-order valence-corrected chi connectivity index (χ0v) is 19.3. The molecule has 1 atom stereocenters. The van der Waals surface area contributed by atoms with Gasteiger partial charge in [0.15, 0.2) is 11.5 Å². The maximum Gasteiger partial charge on any atom is 0.254 e. The molecule has 1 aromatic heterocycles. The molecule has 0 saturated carbocycles. The molecule has 33 heavy (non-hydrogen) atoms. The third-order valence-corrected chi connectivity index (χ3v) is 6.09. The van der Waals surface area contributed by atoms with E-state index >= 15 is 0 Å². The van der Waals surface area contributed by atoms with Crippen LogP contribution < -0.4 is 19.5 Å². The largest absolute Gasteiger partial charge is 0.493 e. The Labute approximate surface area is 193 Å². The van der Waals surface area contributed by atoms with E-state index < -0.39 is 5.79 Å².